The van der Waals surface area contributed by atoms with Crippen LogP contribution in [0.3, 0.4) is 0 Å². The highest BCUT2D eigenvalue weighted by atomic mass is 79.9. The molecule has 2 aliphatic rings. The molecule has 2 saturated heterocycles. The number of ketones is 1. The van der Waals surface area contributed by atoms with Crippen molar-refractivity contribution in [2.45, 2.75) is 38.1 Å². The Morgan fingerprint density at radius 2 is 1.78 bits per heavy atom. The molecule has 3 rings (SSSR count). The van der Waals surface area contributed by atoms with E-state index in [4.69, 9.17) is 0 Å². The van der Waals surface area contributed by atoms with E-state index < -0.39 is 0 Å². The molecule has 0 radical (unpaired) electrons. The predicted octanol–water partition coefficient (Wildman–Crippen LogP) is 4.10. The standard InChI is InChI=1S/C19H25BrN2O/c20-17-8-6-16(7-9-17)19(23)10-14-22-13-2-1-5-18(22)15-21-11-3-4-12-21/h6-10,14,18H,1-5,11-13,15H2/b14-10+. The predicted molar refractivity (Wildman–Crippen MR) is 97.6 cm³/mol. The molecule has 0 amide bonds. The largest absolute Gasteiger partial charge is 0.373 e. The second-order valence-corrected chi connectivity index (χ2v) is 7.50. The topological polar surface area (TPSA) is 23.6 Å². The van der Waals surface area contributed by atoms with Crippen molar-refractivity contribution >= 4 is 21.7 Å². The lowest BCUT2D eigenvalue weighted by Crippen LogP contribution is -2.43. The molecule has 0 saturated carbocycles. The average Bonchev–Trinajstić information content (AvgIpc) is 3.07. The van der Waals surface area contributed by atoms with Gasteiger partial charge >= 0.3 is 0 Å². The van der Waals surface area contributed by atoms with E-state index in [9.17, 15) is 4.79 Å². The second kappa shape index (κ2) is 8.11. The molecule has 0 N–H and O–H groups in total. The molecule has 4 heteroatoms. The number of allylic oxidation sites excluding steroid dienone is 1. The summed E-state index contributed by atoms with van der Waals surface area (Å²) in [5.74, 6) is 0.0861. The van der Waals surface area contributed by atoms with Crippen molar-refractivity contribution in [3.05, 3.63) is 46.6 Å². The summed E-state index contributed by atoms with van der Waals surface area (Å²) in [6.07, 6.45) is 10.2. The van der Waals surface area contributed by atoms with E-state index >= 15 is 0 Å². The molecule has 2 aliphatic heterocycles. The maximum absolute atomic E-state index is 12.3. The molecular formula is C19H25BrN2O. The zero-order valence-electron chi connectivity index (χ0n) is 13.6. The first-order chi connectivity index (χ1) is 11.2. The highest BCUT2D eigenvalue weighted by molar-refractivity contribution is 9.10. The summed E-state index contributed by atoms with van der Waals surface area (Å²) in [6, 6.07) is 8.13. The van der Waals surface area contributed by atoms with Crippen molar-refractivity contribution in [2.75, 3.05) is 26.2 Å². The summed E-state index contributed by atoms with van der Waals surface area (Å²) in [4.78, 5) is 17.3. The normalized spacial score (nSPS) is 22.8. The summed E-state index contributed by atoms with van der Waals surface area (Å²) in [6.45, 7) is 4.71. The van der Waals surface area contributed by atoms with Crippen molar-refractivity contribution < 1.29 is 4.79 Å². The molecule has 2 fully saturated rings. The number of piperidine rings is 1. The van der Waals surface area contributed by atoms with Gasteiger partial charge in [0.05, 0.1) is 0 Å². The summed E-state index contributed by atoms with van der Waals surface area (Å²) in [5.41, 5.74) is 0.748. The van der Waals surface area contributed by atoms with Gasteiger partial charge in [0.25, 0.3) is 0 Å². The van der Waals surface area contributed by atoms with Gasteiger partial charge in [-0.25, -0.2) is 0 Å². The highest BCUT2D eigenvalue weighted by Gasteiger charge is 2.23. The van der Waals surface area contributed by atoms with E-state index in [1.54, 1.807) is 6.08 Å². The van der Waals surface area contributed by atoms with Gasteiger partial charge in [-0.2, -0.15) is 0 Å². The Kier molecular flexibility index (Phi) is 5.90. The zero-order chi connectivity index (χ0) is 16.1. The Morgan fingerprint density at radius 3 is 2.52 bits per heavy atom. The van der Waals surface area contributed by atoms with Crippen LogP contribution in [-0.2, 0) is 0 Å². The summed E-state index contributed by atoms with van der Waals surface area (Å²) in [7, 11) is 0. The van der Waals surface area contributed by atoms with E-state index in [2.05, 4.69) is 25.7 Å². The number of likely N-dealkylation sites (tertiary alicyclic amines) is 2. The second-order valence-electron chi connectivity index (χ2n) is 6.58. The summed E-state index contributed by atoms with van der Waals surface area (Å²) < 4.78 is 1.000. The molecule has 3 nitrogen and oxygen atoms in total. The maximum Gasteiger partial charge on any atom is 0.187 e. The molecule has 0 spiro atoms. The number of nitrogens with zero attached hydrogens (tertiary/aromatic N) is 2. The fraction of sp³-hybridized carbons (Fsp3) is 0.526. The lowest BCUT2D eigenvalue weighted by atomic mass is 10.0. The lowest BCUT2D eigenvalue weighted by Gasteiger charge is -2.37. The molecule has 0 aromatic heterocycles. The van der Waals surface area contributed by atoms with Gasteiger partial charge in [0.2, 0.25) is 0 Å². The first kappa shape index (κ1) is 16.7. The minimum atomic E-state index is 0.0861. The third-order valence-electron chi connectivity index (χ3n) is 4.89. The quantitative estimate of drug-likeness (QED) is 0.570. The maximum atomic E-state index is 12.3. The molecule has 1 unspecified atom stereocenters. The van der Waals surface area contributed by atoms with E-state index in [0.29, 0.717) is 6.04 Å². The summed E-state index contributed by atoms with van der Waals surface area (Å²) in [5, 5.41) is 0. The Bertz CT molecular complexity index is 549. The first-order valence-electron chi connectivity index (χ1n) is 8.68. The van der Waals surface area contributed by atoms with E-state index in [1.165, 1.54) is 45.2 Å². The summed E-state index contributed by atoms with van der Waals surface area (Å²) >= 11 is 3.40. The molecule has 1 atom stereocenters. The van der Waals surface area contributed by atoms with Crippen molar-refractivity contribution in [1.29, 1.82) is 0 Å². The molecular weight excluding hydrogens is 352 g/mol. The monoisotopic (exact) mass is 376 g/mol. The van der Waals surface area contributed by atoms with Crippen LogP contribution in [-0.4, -0.2) is 47.8 Å². The molecule has 2 heterocycles. The van der Waals surface area contributed by atoms with Crippen LogP contribution in [0.15, 0.2) is 41.0 Å². The zero-order valence-corrected chi connectivity index (χ0v) is 15.2. The minimum absolute atomic E-state index is 0.0861. The fourth-order valence-corrected chi connectivity index (χ4v) is 3.82. The Labute approximate surface area is 147 Å². The molecule has 0 bridgehead atoms. The minimum Gasteiger partial charge on any atom is -0.373 e. The third-order valence-corrected chi connectivity index (χ3v) is 5.42. The van der Waals surface area contributed by atoms with Crippen molar-refractivity contribution in [3.63, 3.8) is 0 Å². The van der Waals surface area contributed by atoms with Crippen LogP contribution >= 0.6 is 15.9 Å². The van der Waals surface area contributed by atoms with Crippen LogP contribution < -0.4 is 0 Å². The molecule has 1 aromatic carbocycles. The van der Waals surface area contributed by atoms with Crippen molar-refractivity contribution in [1.82, 2.24) is 9.80 Å². The molecule has 1 aromatic rings. The van der Waals surface area contributed by atoms with Gasteiger partial charge in [-0.15, -0.1) is 0 Å². The third kappa shape index (κ3) is 4.67. The molecule has 124 valence electrons. The van der Waals surface area contributed by atoms with Gasteiger partial charge in [0.1, 0.15) is 0 Å². The van der Waals surface area contributed by atoms with Gasteiger partial charge in [-0.1, -0.05) is 15.9 Å². The van der Waals surface area contributed by atoms with E-state index in [-0.39, 0.29) is 5.78 Å². The Balaban J connectivity index is 1.61. The van der Waals surface area contributed by atoms with Crippen LogP contribution in [0.2, 0.25) is 0 Å². The fourth-order valence-electron chi connectivity index (χ4n) is 3.55. The number of halogens is 1. The van der Waals surface area contributed by atoms with Gasteiger partial charge in [0, 0.05) is 41.4 Å². The first-order valence-corrected chi connectivity index (χ1v) is 9.48. The van der Waals surface area contributed by atoms with Crippen LogP contribution in [0.1, 0.15) is 42.5 Å². The number of hydrogen-bond donors (Lipinski definition) is 0. The van der Waals surface area contributed by atoms with E-state index in [0.717, 1.165) is 23.1 Å². The van der Waals surface area contributed by atoms with Gasteiger partial charge in [0.15, 0.2) is 5.78 Å². The van der Waals surface area contributed by atoms with E-state index in [1.807, 2.05) is 30.5 Å². The van der Waals surface area contributed by atoms with Crippen LogP contribution in [0, 0.1) is 0 Å². The Morgan fingerprint density at radius 1 is 1.09 bits per heavy atom. The molecule has 23 heavy (non-hydrogen) atoms. The number of rotatable bonds is 5. The number of benzene rings is 1. The number of hydrogen-bond acceptors (Lipinski definition) is 3. The smallest absolute Gasteiger partial charge is 0.187 e. The van der Waals surface area contributed by atoms with Crippen molar-refractivity contribution in [3.8, 4) is 0 Å². The SMILES string of the molecule is O=C(/C=C/N1CCCCC1CN1CCCC1)c1ccc(Br)cc1. The van der Waals surface area contributed by atoms with Gasteiger partial charge in [-0.3, -0.25) is 4.79 Å². The Hall–Kier alpha value is -1.13. The highest BCUT2D eigenvalue weighted by Crippen LogP contribution is 2.20. The van der Waals surface area contributed by atoms with Crippen LogP contribution in [0.4, 0.5) is 0 Å². The van der Waals surface area contributed by atoms with Crippen molar-refractivity contribution in [2.24, 2.45) is 0 Å². The molecule has 0 aliphatic carbocycles. The van der Waals surface area contributed by atoms with Crippen LogP contribution in [0.5, 0.6) is 0 Å². The van der Waals surface area contributed by atoms with Gasteiger partial charge < -0.3 is 9.80 Å². The number of carbonyl (C=O) groups excluding carboxylic acids is 1. The average molecular weight is 377 g/mol. The van der Waals surface area contributed by atoms with Gasteiger partial charge in [-0.05, 0) is 69.5 Å². The van der Waals surface area contributed by atoms with Crippen LogP contribution in [0.25, 0.3) is 0 Å². The number of carbonyl (C=O) groups is 1. The lowest BCUT2D eigenvalue weighted by molar-refractivity contribution is 0.104.